The molecule has 8 nitrogen and oxygen atoms in total. The Morgan fingerprint density at radius 2 is 2.08 bits per heavy atom. The van der Waals surface area contributed by atoms with Crippen molar-refractivity contribution in [1.29, 1.82) is 0 Å². The predicted octanol–water partition coefficient (Wildman–Crippen LogP) is 2.88. The molecule has 1 heterocycles. The van der Waals surface area contributed by atoms with Crippen molar-refractivity contribution in [2.24, 2.45) is 5.92 Å². The number of benzene rings is 1. The first-order valence-corrected chi connectivity index (χ1v) is 8.40. The van der Waals surface area contributed by atoms with Crippen molar-refractivity contribution >= 4 is 11.7 Å². The van der Waals surface area contributed by atoms with Gasteiger partial charge in [-0.1, -0.05) is 13.8 Å². The molecule has 2 aromatic rings. The molecule has 2 amide bonds. The van der Waals surface area contributed by atoms with E-state index >= 15 is 0 Å². The number of methoxy groups -OCH3 is 1. The normalized spacial score (nSPS) is 12.1. The van der Waals surface area contributed by atoms with Crippen LogP contribution in [0.25, 0.3) is 5.69 Å². The van der Waals surface area contributed by atoms with Gasteiger partial charge in [0.05, 0.1) is 7.11 Å². The number of carbonyl (C=O) groups excluding carboxylic acids is 1. The van der Waals surface area contributed by atoms with Crippen molar-refractivity contribution in [3.8, 4) is 11.4 Å². The SMILES string of the molecule is CCN(C(=O)Nc1ccc(OC)c(-n2nnnc2C)c1)C(C)C(C)C. The van der Waals surface area contributed by atoms with Crippen LogP contribution in [0.15, 0.2) is 18.2 Å². The first-order valence-electron chi connectivity index (χ1n) is 8.40. The molecule has 0 bridgehead atoms. The van der Waals surface area contributed by atoms with E-state index in [1.165, 1.54) is 0 Å². The van der Waals surface area contributed by atoms with Crippen molar-refractivity contribution in [2.45, 2.75) is 40.7 Å². The van der Waals surface area contributed by atoms with Gasteiger partial charge in [0.2, 0.25) is 0 Å². The molecule has 0 fully saturated rings. The second kappa shape index (κ2) is 7.96. The molecular weight excluding hydrogens is 320 g/mol. The van der Waals surface area contributed by atoms with E-state index in [-0.39, 0.29) is 12.1 Å². The van der Waals surface area contributed by atoms with Crippen LogP contribution < -0.4 is 10.1 Å². The Morgan fingerprint density at radius 1 is 1.36 bits per heavy atom. The van der Waals surface area contributed by atoms with Crippen LogP contribution in [0.1, 0.15) is 33.5 Å². The summed E-state index contributed by atoms with van der Waals surface area (Å²) in [5, 5.41) is 14.5. The van der Waals surface area contributed by atoms with Crippen LogP contribution in [-0.2, 0) is 0 Å². The Hall–Kier alpha value is -2.64. The van der Waals surface area contributed by atoms with Gasteiger partial charge >= 0.3 is 6.03 Å². The van der Waals surface area contributed by atoms with Crippen molar-refractivity contribution in [2.75, 3.05) is 19.0 Å². The highest BCUT2D eigenvalue weighted by atomic mass is 16.5. The third-order valence-electron chi connectivity index (χ3n) is 4.34. The van der Waals surface area contributed by atoms with Gasteiger partial charge in [0.1, 0.15) is 11.4 Å². The summed E-state index contributed by atoms with van der Waals surface area (Å²) in [7, 11) is 1.58. The van der Waals surface area contributed by atoms with E-state index < -0.39 is 0 Å². The molecule has 1 atom stereocenters. The highest BCUT2D eigenvalue weighted by Gasteiger charge is 2.21. The highest BCUT2D eigenvalue weighted by Crippen LogP contribution is 2.26. The van der Waals surface area contributed by atoms with Crippen molar-refractivity contribution < 1.29 is 9.53 Å². The van der Waals surface area contributed by atoms with E-state index in [0.29, 0.717) is 35.4 Å². The van der Waals surface area contributed by atoms with Gasteiger partial charge in [-0.25, -0.2) is 4.79 Å². The number of ether oxygens (including phenoxy) is 1. The van der Waals surface area contributed by atoms with Gasteiger partial charge in [0.25, 0.3) is 0 Å². The standard InChI is InChI=1S/C17H26N6O2/c1-7-22(12(4)11(2)3)17(24)18-14-8-9-16(25-6)15(10-14)23-13(5)19-20-21-23/h8-12H,7H2,1-6H3,(H,18,24). The predicted molar refractivity (Wildman–Crippen MR) is 96.1 cm³/mol. The van der Waals surface area contributed by atoms with Crippen LogP contribution in [0, 0.1) is 12.8 Å². The number of anilines is 1. The number of tetrazole rings is 1. The number of hydrogen-bond acceptors (Lipinski definition) is 5. The fourth-order valence-electron chi connectivity index (χ4n) is 2.56. The van der Waals surface area contributed by atoms with Crippen LogP contribution in [0.3, 0.4) is 0 Å². The molecule has 25 heavy (non-hydrogen) atoms. The summed E-state index contributed by atoms with van der Waals surface area (Å²) in [5.74, 6) is 1.63. The first-order chi connectivity index (χ1) is 11.9. The molecular formula is C17H26N6O2. The number of urea groups is 1. The van der Waals surface area contributed by atoms with Crippen molar-refractivity contribution in [3.63, 3.8) is 0 Å². The van der Waals surface area contributed by atoms with E-state index in [0.717, 1.165) is 0 Å². The number of amides is 2. The minimum Gasteiger partial charge on any atom is -0.494 e. The number of rotatable bonds is 6. The summed E-state index contributed by atoms with van der Waals surface area (Å²) in [6.45, 7) is 10.7. The Morgan fingerprint density at radius 3 is 2.60 bits per heavy atom. The monoisotopic (exact) mass is 346 g/mol. The third kappa shape index (κ3) is 4.07. The number of aromatic nitrogens is 4. The average molecular weight is 346 g/mol. The van der Waals surface area contributed by atoms with E-state index in [4.69, 9.17) is 4.74 Å². The van der Waals surface area contributed by atoms with Crippen molar-refractivity contribution in [3.05, 3.63) is 24.0 Å². The Balaban J connectivity index is 2.29. The lowest BCUT2D eigenvalue weighted by Crippen LogP contribution is -2.43. The topological polar surface area (TPSA) is 85.2 Å². The van der Waals surface area contributed by atoms with E-state index in [2.05, 4.69) is 41.6 Å². The maximum Gasteiger partial charge on any atom is 0.322 e. The molecule has 8 heteroatoms. The van der Waals surface area contributed by atoms with E-state index in [9.17, 15) is 4.79 Å². The number of nitrogens with zero attached hydrogens (tertiary/aromatic N) is 5. The van der Waals surface area contributed by atoms with Crippen LogP contribution in [0.2, 0.25) is 0 Å². The van der Waals surface area contributed by atoms with Crippen LogP contribution in [0.5, 0.6) is 5.75 Å². The fourth-order valence-corrected chi connectivity index (χ4v) is 2.56. The molecule has 136 valence electrons. The number of aryl methyl sites for hydroxylation is 1. The molecule has 0 aliphatic rings. The summed E-state index contributed by atoms with van der Waals surface area (Å²) < 4.78 is 6.96. The molecule has 0 aliphatic heterocycles. The van der Waals surface area contributed by atoms with Gasteiger partial charge in [0.15, 0.2) is 5.82 Å². The summed E-state index contributed by atoms with van der Waals surface area (Å²) in [4.78, 5) is 14.5. The van der Waals surface area contributed by atoms with Crippen molar-refractivity contribution in [1.82, 2.24) is 25.1 Å². The van der Waals surface area contributed by atoms with Gasteiger partial charge in [-0.15, -0.1) is 5.10 Å². The zero-order valence-corrected chi connectivity index (χ0v) is 15.6. The Bertz CT molecular complexity index is 728. The largest absolute Gasteiger partial charge is 0.494 e. The van der Waals surface area contributed by atoms with Crippen LogP contribution in [-0.4, -0.2) is 50.8 Å². The molecule has 1 aromatic heterocycles. The maximum atomic E-state index is 12.6. The lowest BCUT2D eigenvalue weighted by atomic mass is 10.1. The van der Waals surface area contributed by atoms with E-state index in [1.807, 2.05) is 11.8 Å². The van der Waals surface area contributed by atoms with Crippen LogP contribution in [0.4, 0.5) is 10.5 Å². The maximum absolute atomic E-state index is 12.6. The molecule has 2 rings (SSSR count). The molecule has 1 unspecified atom stereocenters. The first kappa shape index (κ1) is 18.7. The molecule has 0 saturated carbocycles. The molecule has 0 aliphatic carbocycles. The fraction of sp³-hybridized carbons (Fsp3) is 0.529. The minimum atomic E-state index is -0.131. The number of carbonyl (C=O) groups is 1. The van der Waals surface area contributed by atoms with E-state index in [1.54, 1.807) is 36.9 Å². The zero-order valence-electron chi connectivity index (χ0n) is 15.6. The highest BCUT2D eigenvalue weighted by molar-refractivity contribution is 5.90. The molecule has 0 spiro atoms. The summed E-state index contributed by atoms with van der Waals surface area (Å²) in [6, 6.07) is 5.40. The number of hydrogen-bond donors (Lipinski definition) is 1. The molecule has 0 saturated heterocycles. The lowest BCUT2D eigenvalue weighted by Gasteiger charge is -2.31. The second-order valence-corrected chi connectivity index (χ2v) is 6.23. The average Bonchev–Trinajstić information content (AvgIpc) is 3.01. The number of nitrogens with one attached hydrogen (secondary N) is 1. The van der Waals surface area contributed by atoms with Gasteiger partial charge in [-0.2, -0.15) is 4.68 Å². The molecule has 0 radical (unpaired) electrons. The Labute approximate surface area is 148 Å². The summed E-state index contributed by atoms with van der Waals surface area (Å²) >= 11 is 0. The quantitative estimate of drug-likeness (QED) is 0.869. The minimum absolute atomic E-state index is 0.131. The smallest absolute Gasteiger partial charge is 0.322 e. The van der Waals surface area contributed by atoms with Gasteiger partial charge in [-0.05, 0) is 55.3 Å². The summed E-state index contributed by atoms with van der Waals surface area (Å²) in [6.07, 6.45) is 0. The second-order valence-electron chi connectivity index (χ2n) is 6.23. The van der Waals surface area contributed by atoms with Gasteiger partial charge < -0.3 is 15.0 Å². The zero-order chi connectivity index (χ0) is 18.6. The lowest BCUT2D eigenvalue weighted by molar-refractivity contribution is 0.179. The molecule has 1 N–H and O–H groups in total. The van der Waals surface area contributed by atoms with Crippen LogP contribution >= 0.6 is 0 Å². The third-order valence-corrected chi connectivity index (χ3v) is 4.34. The van der Waals surface area contributed by atoms with Gasteiger partial charge in [-0.3, -0.25) is 0 Å². The summed E-state index contributed by atoms with van der Waals surface area (Å²) in [5.41, 5.74) is 1.33. The molecule has 1 aromatic carbocycles. The Kier molecular flexibility index (Phi) is 5.95. The van der Waals surface area contributed by atoms with Gasteiger partial charge in [0, 0.05) is 18.3 Å².